The number of nitrogens with zero attached hydrogens (tertiary/aromatic N) is 1. The highest BCUT2D eigenvalue weighted by atomic mass is 79.9. The average Bonchev–Trinajstić information content (AvgIpc) is 2.92. The molecule has 0 aliphatic carbocycles. The van der Waals surface area contributed by atoms with Crippen LogP contribution >= 0.6 is 15.9 Å². The fraction of sp³-hybridized carbons (Fsp3) is 0.231. The summed E-state index contributed by atoms with van der Waals surface area (Å²) in [5.74, 6) is 0.258. The minimum Gasteiger partial charge on any atom is -0.486 e. The van der Waals surface area contributed by atoms with Crippen LogP contribution in [0.4, 0.5) is 0 Å². The molecule has 2 N–H and O–H groups in total. The van der Waals surface area contributed by atoms with Crippen LogP contribution in [0.1, 0.15) is 16.1 Å². The van der Waals surface area contributed by atoms with Crippen LogP contribution in [-0.4, -0.2) is 34.5 Å². The molecule has 0 radical (unpaired) electrons. The van der Waals surface area contributed by atoms with Crippen molar-refractivity contribution < 1.29 is 19.4 Å². The van der Waals surface area contributed by atoms with Gasteiger partial charge in [0.1, 0.15) is 18.9 Å². The lowest BCUT2D eigenvalue weighted by Gasteiger charge is -2.21. The Kier molecular flexibility index (Phi) is 3.13. The van der Waals surface area contributed by atoms with E-state index in [9.17, 15) is 4.79 Å². The molecule has 1 aromatic heterocycles. The van der Waals surface area contributed by atoms with Crippen molar-refractivity contribution in [2.24, 2.45) is 0 Å². The Morgan fingerprint density at radius 2 is 2.15 bits per heavy atom. The SMILES string of the molecule is Cc1c(-c2cc(C(=O)O)[nH]n2)cc2c(c1Br)OCCO2. The Morgan fingerprint density at radius 1 is 1.40 bits per heavy atom. The lowest BCUT2D eigenvalue weighted by atomic mass is 10.0. The summed E-state index contributed by atoms with van der Waals surface area (Å²) in [6, 6.07) is 3.31. The molecule has 3 rings (SSSR count). The minimum atomic E-state index is -1.04. The van der Waals surface area contributed by atoms with Crippen molar-refractivity contribution in [2.45, 2.75) is 6.92 Å². The fourth-order valence-corrected chi connectivity index (χ4v) is 2.60. The van der Waals surface area contributed by atoms with Crippen LogP contribution in [0, 0.1) is 6.92 Å². The summed E-state index contributed by atoms with van der Waals surface area (Å²) in [6.07, 6.45) is 0. The van der Waals surface area contributed by atoms with E-state index in [0.717, 1.165) is 15.6 Å². The molecule has 0 bridgehead atoms. The van der Waals surface area contributed by atoms with Crippen LogP contribution in [0.25, 0.3) is 11.3 Å². The molecule has 2 aromatic rings. The number of aromatic carboxylic acids is 1. The zero-order chi connectivity index (χ0) is 14.3. The molecule has 0 amide bonds. The van der Waals surface area contributed by atoms with Gasteiger partial charge in [-0.25, -0.2) is 4.79 Å². The Morgan fingerprint density at radius 3 is 2.85 bits per heavy atom. The number of H-pyrrole nitrogens is 1. The third-order valence-corrected chi connectivity index (χ3v) is 4.06. The summed E-state index contributed by atoms with van der Waals surface area (Å²) in [4.78, 5) is 10.9. The predicted molar refractivity (Wildman–Crippen MR) is 74.4 cm³/mol. The van der Waals surface area contributed by atoms with Crippen molar-refractivity contribution in [1.29, 1.82) is 0 Å². The van der Waals surface area contributed by atoms with Gasteiger partial charge < -0.3 is 14.6 Å². The minimum absolute atomic E-state index is 0.0467. The molecule has 0 atom stereocenters. The molecule has 1 aliphatic rings. The number of carboxylic acids is 1. The van der Waals surface area contributed by atoms with E-state index in [4.69, 9.17) is 14.6 Å². The molecule has 2 heterocycles. The maximum atomic E-state index is 10.9. The van der Waals surface area contributed by atoms with Gasteiger partial charge in [-0.15, -0.1) is 0 Å². The quantitative estimate of drug-likeness (QED) is 0.879. The van der Waals surface area contributed by atoms with Gasteiger partial charge in [0, 0.05) is 5.56 Å². The molecule has 20 heavy (non-hydrogen) atoms. The van der Waals surface area contributed by atoms with Gasteiger partial charge in [0.2, 0.25) is 0 Å². The third kappa shape index (κ3) is 2.03. The summed E-state index contributed by atoms with van der Waals surface area (Å²) < 4.78 is 11.9. The van der Waals surface area contributed by atoms with Crippen LogP contribution in [0.3, 0.4) is 0 Å². The van der Waals surface area contributed by atoms with Crippen LogP contribution in [-0.2, 0) is 0 Å². The van der Waals surface area contributed by atoms with E-state index in [-0.39, 0.29) is 5.69 Å². The predicted octanol–water partition coefficient (Wildman–Crippen LogP) is 2.62. The molecular formula is C13H11BrN2O4. The Balaban J connectivity index is 2.13. The van der Waals surface area contributed by atoms with Gasteiger partial charge in [0.05, 0.1) is 10.2 Å². The Bertz CT molecular complexity index is 696. The number of fused-ring (bicyclic) bond motifs is 1. The molecule has 0 fully saturated rings. The van der Waals surface area contributed by atoms with E-state index >= 15 is 0 Å². The molecule has 1 aliphatic heterocycles. The van der Waals surface area contributed by atoms with Gasteiger partial charge in [0.25, 0.3) is 0 Å². The third-order valence-electron chi connectivity index (χ3n) is 3.10. The van der Waals surface area contributed by atoms with Crippen molar-refractivity contribution in [2.75, 3.05) is 13.2 Å². The number of aromatic amines is 1. The largest absolute Gasteiger partial charge is 0.486 e. The molecule has 0 saturated heterocycles. The van der Waals surface area contributed by atoms with E-state index in [1.807, 2.05) is 13.0 Å². The molecular weight excluding hydrogens is 328 g/mol. The first-order valence-corrected chi connectivity index (χ1v) is 6.75. The summed E-state index contributed by atoms with van der Waals surface area (Å²) in [7, 11) is 0. The first kappa shape index (κ1) is 13.0. The first-order valence-electron chi connectivity index (χ1n) is 5.95. The van der Waals surface area contributed by atoms with E-state index in [0.29, 0.717) is 30.4 Å². The first-order chi connectivity index (χ1) is 9.58. The van der Waals surface area contributed by atoms with Crippen molar-refractivity contribution >= 4 is 21.9 Å². The number of rotatable bonds is 2. The van der Waals surface area contributed by atoms with E-state index in [2.05, 4.69) is 26.1 Å². The highest BCUT2D eigenvalue weighted by molar-refractivity contribution is 9.10. The van der Waals surface area contributed by atoms with E-state index in [1.165, 1.54) is 6.07 Å². The molecule has 0 saturated carbocycles. The maximum absolute atomic E-state index is 10.9. The van der Waals surface area contributed by atoms with Gasteiger partial charge in [-0.1, -0.05) is 0 Å². The number of nitrogens with one attached hydrogen (secondary N) is 1. The zero-order valence-electron chi connectivity index (χ0n) is 10.6. The smallest absolute Gasteiger partial charge is 0.353 e. The Hall–Kier alpha value is -2.02. The van der Waals surface area contributed by atoms with Crippen molar-refractivity contribution in [3.05, 3.63) is 27.9 Å². The topological polar surface area (TPSA) is 84.4 Å². The molecule has 104 valence electrons. The second-order valence-electron chi connectivity index (χ2n) is 4.36. The standard InChI is InChI=1S/C13H11BrN2O4/c1-6-7(8-5-9(13(17)18)16-15-8)4-10-12(11(6)14)20-3-2-19-10/h4-5H,2-3H2,1H3,(H,15,16)(H,17,18). The van der Waals surface area contributed by atoms with Gasteiger partial charge in [-0.05, 0) is 40.5 Å². The highest BCUT2D eigenvalue weighted by Crippen LogP contribution is 2.43. The summed E-state index contributed by atoms with van der Waals surface area (Å²) in [5.41, 5.74) is 2.31. The van der Waals surface area contributed by atoms with Crippen LogP contribution in [0.15, 0.2) is 16.6 Å². The number of ether oxygens (including phenoxy) is 2. The van der Waals surface area contributed by atoms with Gasteiger partial charge in [-0.2, -0.15) is 5.10 Å². The zero-order valence-corrected chi connectivity index (χ0v) is 12.2. The second-order valence-corrected chi connectivity index (χ2v) is 5.15. The summed E-state index contributed by atoms with van der Waals surface area (Å²) in [6.45, 7) is 2.91. The number of carboxylic acid groups (broad SMARTS) is 1. The van der Waals surface area contributed by atoms with Gasteiger partial charge in [-0.3, -0.25) is 5.10 Å². The van der Waals surface area contributed by atoms with Crippen LogP contribution in [0.5, 0.6) is 11.5 Å². The highest BCUT2D eigenvalue weighted by Gasteiger charge is 2.21. The number of carbonyl (C=O) groups is 1. The molecule has 0 spiro atoms. The van der Waals surface area contributed by atoms with Crippen molar-refractivity contribution in [3.63, 3.8) is 0 Å². The lowest BCUT2D eigenvalue weighted by molar-refractivity contribution is 0.0690. The molecule has 1 aromatic carbocycles. The van der Waals surface area contributed by atoms with Gasteiger partial charge >= 0.3 is 5.97 Å². The van der Waals surface area contributed by atoms with Crippen LogP contribution in [0.2, 0.25) is 0 Å². The number of benzene rings is 1. The monoisotopic (exact) mass is 338 g/mol. The number of aromatic nitrogens is 2. The second kappa shape index (κ2) is 4.82. The van der Waals surface area contributed by atoms with Crippen molar-refractivity contribution in [3.8, 4) is 22.8 Å². The number of hydrogen-bond donors (Lipinski definition) is 2. The van der Waals surface area contributed by atoms with E-state index < -0.39 is 5.97 Å². The van der Waals surface area contributed by atoms with Gasteiger partial charge in [0.15, 0.2) is 11.5 Å². The fourth-order valence-electron chi connectivity index (χ4n) is 2.07. The summed E-state index contributed by atoms with van der Waals surface area (Å²) in [5, 5.41) is 15.5. The average molecular weight is 339 g/mol. The normalized spacial score (nSPS) is 13.3. The molecule has 0 unspecified atom stereocenters. The molecule has 6 nitrogen and oxygen atoms in total. The summed E-state index contributed by atoms with van der Waals surface area (Å²) >= 11 is 3.49. The van der Waals surface area contributed by atoms with Crippen LogP contribution < -0.4 is 9.47 Å². The number of halogens is 1. The lowest BCUT2D eigenvalue weighted by Crippen LogP contribution is -2.16. The van der Waals surface area contributed by atoms with Crippen molar-refractivity contribution in [1.82, 2.24) is 10.2 Å². The maximum Gasteiger partial charge on any atom is 0.353 e. The molecule has 7 heteroatoms. The van der Waals surface area contributed by atoms with E-state index in [1.54, 1.807) is 0 Å². The number of hydrogen-bond acceptors (Lipinski definition) is 4. The Labute approximate surface area is 122 Å².